The van der Waals surface area contributed by atoms with Gasteiger partial charge in [-0.15, -0.1) is 0 Å². The Kier molecular flexibility index (Phi) is 3.77. The maximum absolute atomic E-state index is 14.4. The summed E-state index contributed by atoms with van der Waals surface area (Å²) in [6, 6.07) is 7.07. The van der Waals surface area contributed by atoms with E-state index in [0.29, 0.717) is 24.5 Å². The lowest BCUT2D eigenvalue weighted by atomic mass is 9.88. The van der Waals surface area contributed by atoms with Crippen molar-refractivity contribution in [1.29, 1.82) is 0 Å². The average Bonchev–Trinajstić information content (AvgIpc) is 2.98. The molecule has 5 rings (SSSR count). The zero-order valence-electron chi connectivity index (χ0n) is 15.5. The predicted molar refractivity (Wildman–Crippen MR) is 98.1 cm³/mol. The highest BCUT2D eigenvalue weighted by atomic mass is 19.3. The van der Waals surface area contributed by atoms with E-state index >= 15 is 0 Å². The monoisotopic (exact) mass is 390 g/mol. The highest BCUT2D eigenvalue weighted by Crippen LogP contribution is 2.45. The average molecular weight is 390 g/mol. The second-order valence-corrected chi connectivity index (χ2v) is 8.04. The Labute approximate surface area is 160 Å². The summed E-state index contributed by atoms with van der Waals surface area (Å²) in [5, 5.41) is 0. The van der Waals surface area contributed by atoms with Crippen LogP contribution in [0.3, 0.4) is 0 Å². The highest BCUT2D eigenvalue weighted by Gasteiger charge is 2.45. The van der Waals surface area contributed by atoms with Crippen LogP contribution in [0.5, 0.6) is 0 Å². The van der Waals surface area contributed by atoms with Crippen LogP contribution in [0.2, 0.25) is 0 Å². The Morgan fingerprint density at radius 2 is 1.89 bits per heavy atom. The van der Waals surface area contributed by atoms with Gasteiger partial charge in [0.25, 0.3) is 5.92 Å². The maximum atomic E-state index is 14.4. The number of nitrogens with two attached hydrogens (primary N) is 1. The molecule has 1 aliphatic carbocycles. The summed E-state index contributed by atoms with van der Waals surface area (Å²) in [6.45, 7) is 2.75. The van der Waals surface area contributed by atoms with Crippen LogP contribution in [-0.2, 0) is 22.6 Å². The molecule has 0 unspecified atom stereocenters. The van der Waals surface area contributed by atoms with Crippen LogP contribution in [-0.4, -0.2) is 41.9 Å². The minimum atomic E-state index is -2.99. The fourth-order valence-electron chi connectivity index (χ4n) is 4.06. The fraction of sp³-hybridized carbons (Fsp3) is 0.500. The fourth-order valence-corrected chi connectivity index (χ4v) is 4.06. The first-order valence-corrected chi connectivity index (χ1v) is 9.46. The summed E-state index contributed by atoms with van der Waals surface area (Å²) in [5.41, 5.74) is 8.18. The lowest BCUT2D eigenvalue weighted by molar-refractivity contribution is -0.0569. The van der Waals surface area contributed by atoms with Crippen molar-refractivity contribution in [2.75, 3.05) is 24.7 Å². The first kappa shape index (κ1) is 17.9. The summed E-state index contributed by atoms with van der Waals surface area (Å²) in [5.74, 6) is -2.82. The van der Waals surface area contributed by atoms with Gasteiger partial charge in [0.2, 0.25) is 5.95 Å². The SMILES string of the molecule is C[C@H]1[C@@H](F)CN1c1nc(-c2ccc(C3(N)COC3)cc2)c2c(n1)C(F)(F)CC2. The minimum Gasteiger partial charge on any atom is -0.377 e. The number of fused-ring (bicyclic) bond motifs is 1. The number of benzene rings is 1. The molecule has 0 amide bonds. The molecule has 3 aliphatic rings. The van der Waals surface area contributed by atoms with Crippen molar-refractivity contribution in [3.63, 3.8) is 0 Å². The molecule has 2 saturated heterocycles. The van der Waals surface area contributed by atoms with Crippen molar-refractivity contribution in [3.05, 3.63) is 41.1 Å². The zero-order valence-corrected chi connectivity index (χ0v) is 15.5. The van der Waals surface area contributed by atoms with Gasteiger partial charge in [-0.05, 0) is 18.9 Å². The van der Waals surface area contributed by atoms with Crippen molar-refractivity contribution < 1.29 is 17.9 Å². The first-order valence-electron chi connectivity index (χ1n) is 9.46. The van der Waals surface area contributed by atoms with E-state index in [-0.39, 0.29) is 31.0 Å². The van der Waals surface area contributed by atoms with Gasteiger partial charge in [0.1, 0.15) is 11.9 Å². The van der Waals surface area contributed by atoms with Crippen molar-refractivity contribution in [1.82, 2.24) is 9.97 Å². The molecule has 2 fully saturated rings. The number of ether oxygens (including phenoxy) is 1. The number of halogens is 3. The van der Waals surface area contributed by atoms with Gasteiger partial charge in [-0.2, -0.15) is 8.78 Å². The van der Waals surface area contributed by atoms with E-state index in [1.807, 2.05) is 24.3 Å². The number of rotatable bonds is 3. The third-order valence-electron chi connectivity index (χ3n) is 6.13. The quantitative estimate of drug-likeness (QED) is 0.873. The van der Waals surface area contributed by atoms with E-state index in [9.17, 15) is 13.2 Å². The smallest absolute Gasteiger partial charge is 0.290 e. The number of hydrogen-bond donors (Lipinski definition) is 1. The number of aromatic nitrogens is 2. The van der Waals surface area contributed by atoms with Gasteiger partial charge >= 0.3 is 0 Å². The van der Waals surface area contributed by atoms with Gasteiger partial charge in [0.05, 0.1) is 37.0 Å². The molecule has 1 aromatic heterocycles. The first-order chi connectivity index (χ1) is 13.3. The molecule has 5 nitrogen and oxygen atoms in total. The van der Waals surface area contributed by atoms with Crippen molar-refractivity contribution >= 4 is 5.95 Å². The van der Waals surface area contributed by atoms with Crippen LogP contribution in [0, 0.1) is 0 Å². The Balaban J connectivity index is 1.58. The normalized spacial score (nSPS) is 27.1. The Hall–Kier alpha value is -2.19. The van der Waals surface area contributed by atoms with Crippen LogP contribution in [0.4, 0.5) is 19.1 Å². The number of alkyl halides is 3. The van der Waals surface area contributed by atoms with Gasteiger partial charge in [-0.25, -0.2) is 14.4 Å². The van der Waals surface area contributed by atoms with E-state index in [2.05, 4.69) is 9.97 Å². The summed E-state index contributed by atoms with van der Waals surface area (Å²) in [4.78, 5) is 10.3. The van der Waals surface area contributed by atoms with Crippen LogP contribution >= 0.6 is 0 Å². The largest absolute Gasteiger partial charge is 0.377 e. The molecule has 0 spiro atoms. The van der Waals surface area contributed by atoms with Crippen molar-refractivity contribution in [2.24, 2.45) is 5.73 Å². The molecule has 2 N–H and O–H groups in total. The third-order valence-corrected chi connectivity index (χ3v) is 6.13. The third kappa shape index (κ3) is 2.54. The standard InChI is InChI=1S/C20H21F3N4O/c1-11-15(21)8-27(11)18-25-16(14-6-7-20(22,23)17(14)26-18)12-2-4-13(5-3-12)19(24)9-28-10-19/h2-5,11,15H,6-10,24H2,1H3/t11-,15-/m0/s1. The van der Waals surface area contributed by atoms with Crippen LogP contribution in [0.25, 0.3) is 11.3 Å². The lowest BCUT2D eigenvalue weighted by Crippen LogP contribution is -2.57. The lowest BCUT2D eigenvalue weighted by Gasteiger charge is -2.42. The minimum absolute atomic E-state index is 0.125. The summed E-state index contributed by atoms with van der Waals surface area (Å²) in [6.07, 6.45) is -1.06. The van der Waals surface area contributed by atoms with Gasteiger partial charge in [0, 0.05) is 17.5 Å². The Bertz CT molecular complexity index is 930. The second kappa shape index (κ2) is 5.90. The van der Waals surface area contributed by atoms with Gasteiger partial charge in [0.15, 0.2) is 0 Å². The van der Waals surface area contributed by atoms with E-state index in [1.54, 1.807) is 11.8 Å². The predicted octanol–water partition coefficient (Wildman–Crippen LogP) is 2.91. The molecule has 1 aromatic carbocycles. The van der Waals surface area contributed by atoms with Gasteiger partial charge < -0.3 is 15.4 Å². The molecule has 2 aromatic rings. The number of nitrogens with zero attached hydrogens (tertiary/aromatic N) is 3. The van der Waals surface area contributed by atoms with Crippen LogP contribution < -0.4 is 10.6 Å². The molecular formula is C20H21F3N4O. The van der Waals surface area contributed by atoms with Crippen LogP contribution in [0.15, 0.2) is 24.3 Å². The van der Waals surface area contributed by atoms with Crippen molar-refractivity contribution in [2.45, 2.75) is 43.4 Å². The molecule has 148 valence electrons. The van der Waals surface area contributed by atoms with Gasteiger partial charge in [-0.3, -0.25) is 0 Å². The molecule has 8 heteroatoms. The van der Waals surface area contributed by atoms with Crippen molar-refractivity contribution in [3.8, 4) is 11.3 Å². The molecule has 3 heterocycles. The Morgan fingerprint density at radius 1 is 1.18 bits per heavy atom. The van der Waals surface area contributed by atoms with Gasteiger partial charge in [-0.1, -0.05) is 24.3 Å². The van der Waals surface area contributed by atoms with E-state index in [4.69, 9.17) is 10.5 Å². The molecule has 2 aliphatic heterocycles. The van der Waals surface area contributed by atoms with E-state index < -0.39 is 23.7 Å². The molecule has 0 saturated carbocycles. The molecular weight excluding hydrogens is 369 g/mol. The highest BCUT2D eigenvalue weighted by molar-refractivity contribution is 5.68. The molecule has 0 bridgehead atoms. The maximum Gasteiger partial charge on any atom is 0.290 e. The molecule has 0 radical (unpaired) electrons. The molecule has 28 heavy (non-hydrogen) atoms. The van der Waals surface area contributed by atoms with Crippen LogP contribution in [0.1, 0.15) is 30.2 Å². The number of anilines is 1. The summed E-state index contributed by atoms with van der Waals surface area (Å²) in [7, 11) is 0. The topological polar surface area (TPSA) is 64.3 Å². The second-order valence-electron chi connectivity index (χ2n) is 8.04. The number of hydrogen-bond acceptors (Lipinski definition) is 5. The van der Waals surface area contributed by atoms with E-state index in [1.165, 1.54) is 0 Å². The summed E-state index contributed by atoms with van der Waals surface area (Å²) >= 11 is 0. The Morgan fingerprint density at radius 3 is 2.46 bits per heavy atom. The molecule has 2 atom stereocenters. The zero-order chi connectivity index (χ0) is 19.7. The summed E-state index contributed by atoms with van der Waals surface area (Å²) < 4.78 is 47.7. The van der Waals surface area contributed by atoms with E-state index in [0.717, 1.165) is 11.1 Å².